The molecule has 17 heavy (non-hydrogen) atoms. The summed E-state index contributed by atoms with van der Waals surface area (Å²) in [5.41, 5.74) is 0. The number of aliphatic hydroxyl groups excluding tert-OH is 1. The molecule has 0 bridgehead atoms. The van der Waals surface area contributed by atoms with Crippen molar-refractivity contribution in [2.45, 2.75) is 24.5 Å². The molecule has 1 unspecified atom stereocenters. The van der Waals surface area contributed by atoms with Crippen LogP contribution in [-0.4, -0.2) is 47.3 Å². The van der Waals surface area contributed by atoms with Gasteiger partial charge in [-0.25, -0.2) is 8.42 Å². The average Bonchev–Trinajstić information content (AvgIpc) is 2.55. The third-order valence-electron chi connectivity index (χ3n) is 2.36. The molecule has 0 fully saturated rings. The van der Waals surface area contributed by atoms with Crippen molar-refractivity contribution >= 4 is 21.6 Å². The Morgan fingerprint density at radius 2 is 2.24 bits per heavy atom. The number of rotatable bonds is 5. The summed E-state index contributed by atoms with van der Waals surface area (Å²) in [6, 6.07) is 0. The van der Waals surface area contributed by atoms with Crippen molar-refractivity contribution in [2.24, 2.45) is 7.05 Å². The van der Waals surface area contributed by atoms with Gasteiger partial charge in [0.05, 0.1) is 17.3 Å². The maximum absolute atomic E-state index is 12.1. The zero-order valence-corrected chi connectivity index (χ0v) is 11.5. The van der Waals surface area contributed by atoms with Crippen molar-refractivity contribution in [2.75, 3.05) is 13.6 Å². The van der Waals surface area contributed by atoms with Crippen LogP contribution in [0.1, 0.15) is 13.3 Å². The molecule has 6 nitrogen and oxygen atoms in total. The van der Waals surface area contributed by atoms with Gasteiger partial charge >= 0.3 is 0 Å². The minimum Gasteiger partial charge on any atom is -0.393 e. The van der Waals surface area contributed by atoms with Gasteiger partial charge in [0, 0.05) is 20.6 Å². The predicted octanol–water partition coefficient (Wildman–Crippen LogP) is 0.465. The maximum Gasteiger partial charge on any atom is 0.261 e. The molecule has 0 spiro atoms. The molecular formula is C9H16ClN3O3S. The topological polar surface area (TPSA) is 75.4 Å². The molecule has 1 rings (SSSR count). The molecule has 98 valence electrons. The first-order chi connectivity index (χ1) is 7.76. The summed E-state index contributed by atoms with van der Waals surface area (Å²) in [6.07, 6.45) is 1.11. The lowest BCUT2D eigenvalue weighted by molar-refractivity contribution is 0.177. The van der Waals surface area contributed by atoms with Crippen LogP contribution in [0.4, 0.5) is 0 Å². The molecule has 0 aliphatic carbocycles. The van der Waals surface area contributed by atoms with Gasteiger partial charge in [0.1, 0.15) is 0 Å². The number of hydrogen-bond donors (Lipinski definition) is 1. The highest BCUT2D eigenvalue weighted by Crippen LogP contribution is 2.22. The normalized spacial score (nSPS) is 14.2. The number of sulfonamides is 1. The van der Waals surface area contributed by atoms with Gasteiger partial charge in [-0.15, -0.1) is 0 Å². The molecule has 1 N–H and O–H groups in total. The van der Waals surface area contributed by atoms with Crippen LogP contribution in [0.15, 0.2) is 11.2 Å². The quantitative estimate of drug-likeness (QED) is 0.851. The van der Waals surface area contributed by atoms with Crippen LogP contribution >= 0.6 is 11.6 Å². The summed E-state index contributed by atoms with van der Waals surface area (Å²) < 4.78 is 26.7. The Bertz CT molecular complexity index is 464. The Hall–Kier alpha value is -0.630. The van der Waals surface area contributed by atoms with Gasteiger partial charge in [-0.3, -0.25) is 4.68 Å². The van der Waals surface area contributed by atoms with Gasteiger partial charge in [-0.05, 0) is 13.3 Å². The van der Waals surface area contributed by atoms with E-state index in [2.05, 4.69) is 5.10 Å². The van der Waals surface area contributed by atoms with E-state index in [4.69, 9.17) is 16.7 Å². The second-order valence-corrected chi connectivity index (χ2v) is 6.25. The summed E-state index contributed by atoms with van der Waals surface area (Å²) in [4.78, 5) is 0. The van der Waals surface area contributed by atoms with E-state index in [-0.39, 0.29) is 16.6 Å². The fraction of sp³-hybridized carbons (Fsp3) is 0.667. The first kappa shape index (κ1) is 14.4. The average molecular weight is 282 g/mol. The highest BCUT2D eigenvalue weighted by Gasteiger charge is 2.27. The van der Waals surface area contributed by atoms with Crippen molar-refractivity contribution in [3.05, 3.63) is 11.2 Å². The van der Waals surface area contributed by atoms with Crippen LogP contribution in [0.25, 0.3) is 0 Å². The Balaban J connectivity index is 2.96. The van der Waals surface area contributed by atoms with Crippen LogP contribution in [0, 0.1) is 0 Å². The zero-order valence-electron chi connectivity index (χ0n) is 9.96. The molecule has 0 saturated heterocycles. The third-order valence-corrected chi connectivity index (χ3v) is 4.72. The second kappa shape index (κ2) is 5.34. The van der Waals surface area contributed by atoms with Gasteiger partial charge in [-0.1, -0.05) is 11.6 Å². The maximum atomic E-state index is 12.1. The fourth-order valence-corrected chi connectivity index (χ4v) is 3.11. The van der Waals surface area contributed by atoms with E-state index in [9.17, 15) is 8.42 Å². The highest BCUT2D eigenvalue weighted by atomic mass is 35.5. The van der Waals surface area contributed by atoms with E-state index >= 15 is 0 Å². The summed E-state index contributed by atoms with van der Waals surface area (Å²) in [5.74, 6) is 0. The van der Waals surface area contributed by atoms with E-state index in [0.717, 1.165) is 4.31 Å². The number of hydrogen-bond acceptors (Lipinski definition) is 4. The van der Waals surface area contributed by atoms with Crippen LogP contribution in [-0.2, 0) is 17.1 Å². The summed E-state index contributed by atoms with van der Waals surface area (Å²) in [6.45, 7) is 1.83. The number of halogens is 1. The first-order valence-electron chi connectivity index (χ1n) is 5.08. The van der Waals surface area contributed by atoms with Crippen LogP contribution in [0.2, 0.25) is 5.02 Å². The third kappa shape index (κ3) is 3.19. The van der Waals surface area contributed by atoms with Gasteiger partial charge < -0.3 is 5.11 Å². The predicted molar refractivity (Wildman–Crippen MR) is 64.3 cm³/mol. The fourth-order valence-electron chi connectivity index (χ4n) is 1.33. The summed E-state index contributed by atoms with van der Waals surface area (Å²) >= 11 is 5.80. The largest absolute Gasteiger partial charge is 0.393 e. The van der Waals surface area contributed by atoms with Gasteiger partial charge in [0.15, 0.2) is 5.03 Å². The molecule has 0 aliphatic heterocycles. The van der Waals surface area contributed by atoms with E-state index in [1.807, 2.05) is 0 Å². The molecule has 0 aliphatic rings. The SMILES string of the molecule is CC(O)CCN(C)S(=O)(=O)c1c(Cl)cnn1C. The number of aliphatic hydroxyl groups is 1. The van der Waals surface area contributed by atoms with Gasteiger partial charge in [0.2, 0.25) is 0 Å². The highest BCUT2D eigenvalue weighted by molar-refractivity contribution is 7.89. The van der Waals surface area contributed by atoms with E-state index in [1.54, 1.807) is 6.92 Å². The van der Waals surface area contributed by atoms with Crippen molar-refractivity contribution < 1.29 is 13.5 Å². The van der Waals surface area contributed by atoms with Crippen LogP contribution in [0.5, 0.6) is 0 Å². The number of aryl methyl sites for hydroxylation is 1. The molecule has 0 amide bonds. The molecular weight excluding hydrogens is 266 g/mol. The monoisotopic (exact) mass is 281 g/mol. The summed E-state index contributed by atoms with van der Waals surface area (Å²) in [7, 11) is -0.701. The molecule has 1 aromatic heterocycles. The lowest BCUT2D eigenvalue weighted by Gasteiger charge is -2.18. The van der Waals surface area contributed by atoms with Gasteiger partial charge in [0.25, 0.3) is 10.0 Å². The van der Waals surface area contributed by atoms with Gasteiger partial charge in [-0.2, -0.15) is 9.40 Å². The molecule has 1 aromatic rings. The second-order valence-electron chi connectivity index (χ2n) is 3.89. The minimum atomic E-state index is -3.66. The van der Waals surface area contributed by atoms with Crippen molar-refractivity contribution in [3.8, 4) is 0 Å². The smallest absolute Gasteiger partial charge is 0.261 e. The molecule has 0 aromatic carbocycles. The lowest BCUT2D eigenvalue weighted by atomic mass is 10.3. The van der Waals surface area contributed by atoms with Crippen molar-refractivity contribution in [1.29, 1.82) is 0 Å². The molecule has 1 heterocycles. The lowest BCUT2D eigenvalue weighted by Crippen LogP contribution is -2.31. The molecule has 1 atom stereocenters. The first-order valence-corrected chi connectivity index (χ1v) is 6.90. The van der Waals surface area contributed by atoms with Crippen molar-refractivity contribution in [1.82, 2.24) is 14.1 Å². The molecule has 0 saturated carbocycles. The Labute approximate surface area is 106 Å². The molecule has 8 heteroatoms. The summed E-state index contributed by atoms with van der Waals surface area (Å²) in [5, 5.41) is 13.0. The van der Waals surface area contributed by atoms with E-state index in [0.29, 0.717) is 6.42 Å². The molecule has 0 radical (unpaired) electrons. The van der Waals surface area contributed by atoms with Crippen molar-refractivity contribution in [3.63, 3.8) is 0 Å². The Morgan fingerprint density at radius 1 is 1.65 bits per heavy atom. The minimum absolute atomic E-state index is 0.0349. The van der Waals surface area contributed by atoms with E-state index < -0.39 is 16.1 Å². The Morgan fingerprint density at radius 3 is 2.65 bits per heavy atom. The zero-order chi connectivity index (χ0) is 13.2. The van der Waals surface area contributed by atoms with Crippen LogP contribution in [0.3, 0.4) is 0 Å². The Kier molecular flexibility index (Phi) is 4.54. The van der Waals surface area contributed by atoms with E-state index in [1.165, 1.54) is 25.0 Å². The number of aromatic nitrogens is 2. The standard InChI is InChI=1S/C9H16ClN3O3S/c1-7(14)4-5-12(2)17(15,16)9-8(10)6-11-13(9)3/h6-7,14H,4-5H2,1-3H3. The number of nitrogens with zero attached hydrogens (tertiary/aromatic N) is 3. The van der Waals surface area contributed by atoms with Crippen LogP contribution < -0.4 is 0 Å².